The number of benzene rings is 1. The van der Waals surface area contributed by atoms with Crippen LogP contribution in [0, 0.1) is 6.92 Å². The van der Waals surface area contributed by atoms with Gasteiger partial charge in [0.2, 0.25) is 5.91 Å². The fraction of sp³-hybridized carbons (Fsp3) is 0.273. The normalized spacial score (nSPS) is 10.2. The van der Waals surface area contributed by atoms with Crippen LogP contribution < -0.4 is 5.32 Å². The molecule has 0 aliphatic rings. The predicted molar refractivity (Wildman–Crippen MR) is 60.9 cm³/mol. The van der Waals surface area contributed by atoms with Crippen LogP contribution in [0.5, 0.6) is 0 Å². The van der Waals surface area contributed by atoms with E-state index in [0.29, 0.717) is 18.8 Å². The fourth-order valence-electron chi connectivity index (χ4n) is 1.51. The Morgan fingerprint density at radius 1 is 1.47 bits per heavy atom. The summed E-state index contributed by atoms with van der Waals surface area (Å²) in [5.41, 5.74) is 2.14. The zero-order valence-corrected chi connectivity index (χ0v) is 9.47. The zero-order chi connectivity index (χ0) is 12.1. The lowest BCUT2D eigenvalue weighted by Crippen LogP contribution is -2.25. The maximum Gasteiger partial charge on any atom is 0.224 e. The molecule has 0 spiro atoms. The Morgan fingerprint density at radius 3 is 3.06 bits per heavy atom. The predicted octanol–water partition coefficient (Wildman–Crippen LogP) is 0.367. The van der Waals surface area contributed by atoms with E-state index in [0.717, 1.165) is 11.1 Å². The van der Waals surface area contributed by atoms with Gasteiger partial charge < -0.3 is 5.32 Å². The van der Waals surface area contributed by atoms with Crippen LogP contribution >= 0.6 is 0 Å². The van der Waals surface area contributed by atoms with Gasteiger partial charge in [-0.1, -0.05) is 35.0 Å². The summed E-state index contributed by atoms with van der Waals surface area (Å²) < 4.78 is 0. The maximum absolute atomic E-state index is 11.6. The zero-order valence-electron chi connectivity index (χ0n) is 9.47. The standard InChI is InChI=1S/C11H13N5O/c1-8-3-2-4-9(5-8)6-11(17)12-7-10-13-15-16-14-10/h2-5H,6-7H2,1H3,(H,12,17)(H,13,14,15,16). The second-order valence-corrected chi connectivity index (χ2v) is 3.77. The van der Waals surface area contributed by atoms with Crippen LogP contribution in [-0.2, 0) is 17.8 Å². The topological polar surface area (TPSA) is 83.6 Å². The number of aromatic nitrogens is 4. The minimum atomic E-state index is -0.0552. The first-order valence-corrected chi connectivity index (χ1v) is 5.28. The number of rotatable bonds is 4. The molecular formula is C11H13N5O. The van der Waals surface area contributed by atoms with Crippen molar-refractivity contribution in [2.75, 3.05) is 0 Å². The largest absolute Gasteiger partial charge is 0.348 e. The van der Waals surface area contributed by atoms with Gasteiger partial charge in [-0.2, -0.15) is 5.21 Å². The number of tetrazole rings is 1. The summed E-state index contributed by atoms with van der Waals surface area (Å²) in [6.07, 6.45) is 0.361. The number of carbonyl (C=O) groups is 1. The lowest BCUT2D eigenvalue weighted by molar-refractivity contribution is -0.120. The highest BCUT2D eigenvalue weighted by Crippen LogP contribution is 2.04. The molecule has 2 rings (SSSR count). The van der Waals surface area contributed by atoms with Gasteiger partial charge in [-0.25, -0.2) is 0 Å². The van der Waals surface area contributed by atoms with Crippen molar-refractivity contribution < 1.29 is 4.79 Å². The average Bonchev–Trinajstić information content (AvgIpc) is 2.79. The van der Waals surface area contributed by atoms with E-state index in [-0.39, 0.29) is 5.91 Å². The van der Waals surface area contributed by atoms with E-state index in [1.54, 1.807) is 0 Å². The van der Waals surface area contributed by atoms with E-state index in [1.807, 2.05) is 31.2 Å². The summed E-state index contributed by atoms with van der Waals surface area (Å²) in [5.74, 6) is 0.419. The van der Waals surface area contributed by atoms with Gasteiger partial charge in [0.15, 0.2) is 5.82 Å². The molecule has 0 unspecified atom stereocenters. The van der Waals surface area contributed by atoms with Crippen LogP contribution in [0.25, 0.3) is 0 Å². The molecular weight excluding hydrogens is 218 g/mol. The highest BCUT2D eigenvalue weighted by atomic mass is 16.1. The van der Waals surface area contributed by atoms with Gasteiger partial charge >= 0.3 is 0 Å². The Hall–Kier alpha value is -2.24. The van der Waals surface area contributed by atoms with Gasteiger partial charge in [0.05, 0.1) is 13.0 Å². The van der Waals surface area contributed by atoms with Gasteiger partial charge in [0.1, 0.15) is 0 Å². The molecule has 0 bridgehead atoms. The average molecular weight is 231 g/mol. The molecule has 6 heteroatoms. The number of carbonyl (C=O) groups excluding carboxylic acids is 1. The van der Waals surface area contributed by atoms with Gasteiger partial charge in [-0.05, 0) is 12.5 Å². The maximum atomic E-state index is 11.6. The highest BCUT2D eigenvalue weighted by Gasteiger charge is 2.05. The molecule has 1 aromatic heterocycles. The van der Waals surface area contributed by atoms with Crippen LogP contribution in [0.15, 0.2) is 24.3 Å². The molecule has 6 nitrogen and oxygen atoms in total. The number of nitrogens with one attached hydrogen (secondary N) is 2. The Labute approximate surface area is 98.4 Å². The van der Waals surface area contributed by atoms with Crippen molar-refractivity contribution in [3.05, 3.63) is 41.2 Å². The van der Waals surface area contributed by atoms with Crippen molar-refractivity contribution >= 4 is 5.91 Å². The van der Waals surface area contributed by atoms with Crippen molar-refractivity contribution in [1.82, 2.24) is 25.9 Å². The van der Waals surface area contributed by atoms with E-state index < -0.39 is 0 Å². The molecule has 1 amide bonds. The van der Waals surface area contributed by atoms with E-state index in [9.17, 15) is 4.79 Å². The molecule has 1 aromatic carbocycles. The molecule has 0 aliphatic carbocycles. The van der Waals surface area contributed by atoms with E-state index in [2.05, 4.69) is 25.9 Å². The highest BCUT2D eigenvalue weighted by molar-refractivity contribution is 5.78. The molecule has 0 atom stereocenters. The first kappa shape index (κ1) is 11.3. The number of nitrogens with zero attached hydrogens (tertiary/aromatic N) is 3. The molecule has 0 fully saturated rings. The molecule has 0 saturated carbocycles. The van der Waals surface area contributed by atoms with Gasteiger partial charge in [0.25, 0.3) is 0 Å². The minimum Gasteiger partial charge on any atom is -0.348 e. The molecule has 0 saturated heterocycles. The van der Waals surface area contributed by atoms with Crippen LogP contribution in [0.1, 0.15) is 17.0 Å². The lowest BCUT2D eigenvalue weighted by Gasteiger charge is -2.03. The summed E-state index contributed by atoms with van der Waals surface area (Å²) >= 11 is 0. The molecule has 17 heavy (non-hydrogen) atoms. The van der Waals surface area contributed by atoms with Crippen LogP contribution in [0.4, 0.5) is 0 Å². The number of aromatic amines is 1. The summed E-state index contributed by atoms with van der Waals surface area (Å²) in [6, 6.07) is 7.87. The minimum absolute atomic E-state index is 0.0552. The molecule has 1 heterocycles. The Balaban J connectivity index is 1.85. The van der Waals surface area contributed by atoms with Crippen LogP contribution in [0.2, 0.25) is 0 Å². The summed E-state index contributed by atoms with van der Waals surface area (Å²) in [4.78, 5) is 11.6. The second-order valence-electron chi connectivity index (χ2n) is 3.77. The third-order valence-electron chi connectivity index (χ3n) is 2.28. The quantitative estimate of drug-likeness (QED) is 0.796. The molecule has 0 radical (unpaired) electrons. The Morgan fingerprint density at radius 2 is 2.35 bits per heavy atom. The van der Waals surface area contributed by atoms with Gasteiger partial charge in [-0.3, -0.25) is 4.79 Å². The van der Waals surface area contributed by atoms with Crippen molar-refractivity contribution in [3.63, 3.8) is 0 Å². The number of hydrogen-bond acceptors (Lipinski definition) is 4. The monoisotopic (exact) mass is 231 g/mol. The van der Waals surface area contributed by atoms with E-state index in [1.165, 1.54) is 0 Å². The van der Waals surface area contributed by atoms with Crippen molar-refractivity contribution in [1.29, 1.82) is 0 Å². The van der Waals surface area contributed by atoms with Crippen molar-refractivity contribution in [2.24, 2.45) is 0 Å². The van der Waals surface area contributed by atoms with Crippen LogP contribution in [0.3, 0.4) is 0 Å². The SMILES string of the molecule is Cc1cccc(CC(=O)NCc2nn[nH]n2)c1. The number of H-pyrrole nitrogens is 1. The van der Waals surface area contributed by atoms with E-state index >= 15 is 0 Å². The number of aryl methyl sites for hydroxylation is 1. The first-order chi connectivity index (χ1) is 8.24. The van der Waals surface area contributed by atoms with Crippen molar-refractivity contribution in [3.8, 4) is 0 Å². The summed E-state index contributed by atoms with van der Waals surface area (Å²) in [5, 5.41) is 16.0. The first-order valence-electron chi connectivity index (χ1n) is 5.28. The second kappa shape index (κ2) is 5.20. The molecule has 88 valence electrons. The van der Waals surface area contributed by atoms with Crippen molar-refractivity contribution in [2.45, 2.75) is 19.9 Å². The Bertz CT molecular complexity index is 494. The summed E-state index contributed by atoms with van der Waals surface area (Å²) in [7, 11) is 0. The van der Waals surface area contributed by atoms with E-state index in [4.69, 9.17) is 0 Å². The molecule has 0 aliphatic heterocycles. The summed E-state index contributed by atoms with van der Waals surface area (Å²) in [6.45, 7) is 2.29. The third kappa shape index (κ3) is 3.37. The molecule has 2 aromatic rings. The van der Waals surface area contributed by atoms with Crippen LogP contribution in [-0.4, -0.2) is 26.5 Å². The lowest BCUT2D eigenvalue weighted by atomic mass is 10.1. The third-order valence-corrected chi connectivity index (χ3v) is 2.28. The smallest absolute Gasteiger partial charge is 0.224 e. The Kier molecular flexibility index (Phi) is 3.44. The number of amides is 1. The number of hydrogen-bond donors (Lipinski definition) is 2. The van der Waals surface area contributed by atoms with Gasteiger partial charge in [-0.15, -0.1) is 10.2 Å². The molecule has 2 N–H and O–H groups in total. The van der Waals surface area contributed by atoms with Gasteiger partial charge in [0, 0.05) is 0 Å². The fourth-order valence-corrected chi connectivity index (χ4v) is 1.51.